The maximum atomic E-state index is 10.9. The molecule has 0 saturated carbocycles. The number of hydrogen-bond donors (Lipinski definition) is 2. The normalized spacial score (nSPS) is 27.2. The summed E-state index contributed by atoms with van der Waals surface area (Å²) in [6.45, 7) is 6.06. The lowest BCUT2D eigenvalue weighted by Crippen LogP contribution is -2.50. The molecule has 1 aliphatic heterocycles. The fraction of sp³-hybridized carbons (Fsp3) is 0.909. The second-order valence-electron chi connectivity index (χ2n) is 5.20. The fourth-order valence-corrected chi connectivity index (χ4v) is 1.81. The van der Waals surface area contributed by atoms with Crippen molar-refractivity contribution in [1.82, 2.24) is 4.90 Å². The summed E-state index contributed by atoms with van der Waals surface area (Å²) in [5, 5.41) is 8.99. The van der Waals surface area contributed by atoms with Gasteiger partial charge in [-0.1, -0.05) is 0 Å². The van der Waals surface area contributed by atoms with E-state index in [0.29, 0.717) is 13.0 Å². The average molecular weight is 230 g/mol. The Bertz CT molecular complexity index is 268. The second kappa shape index (κ2) is 4.69. The van der Waals surface area contributed by atoms with Gasteiger partial charge in [0.25, 0.3) is 0 Å². The summed E-state index contributed by atoms with van der Waals surface area (Å²) in [5.41, 5.74) is 4.57. The number of carboxylic acids is 1. The molecule has 0 amide bonds. The van der Waals surface area contributed by atoms with Crippen molar-refractivity contribution in [2.75, 3.05) is 26.7 Å². The van der Waals surface area contributed by atoms with Gasteiger partial charge in [0.15, 0.2) is 0 Å². The summed E-state index contributed by atoms with van der Waals surface area (Å²) in [7, 11) is 1.69. The van der Waals surface area contributed by atoms with Crippen LogP contribution in [0.25, 0.3) is 0 Å². The maximum Gasteiger partial charge on any atom is 0.325 e. The van der Waals surface area contributed by atoms with E-state index >= 15 is 0 Å². The first-order valence-electron chi connectivity index (χ1n) is 5.59. The zero-order chi connectivity index (χ0) is 12.4. The molecule has 0 bridgehead atoms. The zero-order valence-electron chi connectivity index (χ0n) is 10.3. The molecule has 1 heterocycles. The minimum Gasteiger partial charge on any atom is -0.480 e. The van der Waals surface area contributed by atoms with E-state index in [1.54, 1.807) is 7.11 Å². The second-order valence-corrected chi connectivity index (χ2v) is 5.20. The van der Waals surface area contributed by atoms with Crippen LogP contribution < -0.4 is 5.73 Å². The third-order valence-corrected chi connectivity index (χ3v) is 3.39. The van der Waals surface area contributed by atoms with E-state index in [-0.39, 0.29) is 5.60 Å². The van der Waals surface area contributed by atoms with Crippen molar-refractivity contribution in [2.45, 2.75) is 37.8 Å². The number of methoxy groups -OCH3 is 1. The number of rotatable bonds is 5. The molecule has 0 aromatic heterocycles. The van der Waals surface area contributed by atoms with Crippen molar-refractivity contribution in [2.24, 2.45) is 5.73 Å². The van der Waals surface area contributed by atoms with Gasteiger partial charge in [-0.05, 0) is 26.7 Å². The van der Waals surface area contributed by atoms with Crippen molar-refractivity contribution in [1.29, 1.82) is 0 Å². The Hall–Kier alpha value is -0.650. The monoisotopic (exact) mass is 230 g/mol. The third-order valence-electron chi connectivity index (χ3n) is 3.39. The Morgan fingerprint density at radius 3 is 2.69 bits per heavy atom. The number of aliphatic carboxylic acids is 1. The van der Waals surface area contributed by atoms with Gasteiger partial charge in [-0.2, -0.15) is 0 Å². The summed E-state index contributed by atoms with van der Waals surface area (Å²) < 4.78 is 5.32. The Morgan fingerprint density at radius 2 is 2.25 bits per heavy atom. The molecule has 0 aromatic rings. The fourth-order valence-electron chi connectivity index (χ4n) is 1.81. The van der Waals surface area contributed by atoms with Crippen LogP contribution in [0.1, 0.15) is 26.7 Å². The molecule has 0 radical (unpaired) electrons. The highest BCUT2D eigenvalue weighted by Gasteiger charge is 2.41. The molecule has 1 saturated heterocycles. The number of nitrogens with zero attached hydrogens (tertiary/aromatic N) is 1. The first kappa shape index (κ1) is 13.4. The lowest BCUT2D eigenvalue weighted by molar-refractivity contribution is -0.142. The van der Waals surface area contributed by atoms with Gasteiger partial charge in [-0.25, -0.2) is 0 Å². The predicted molar refractivity (Wildman–Crippen MR) is 61.3 cm³/mol. The minimum atomic E-state index is -1.06. The van der Waals surface area contributed by atoms with E-state index in [2.05, 4.69) is 4.90 Å². The molecule has 0 aliphatic carbocycles. The summed E-state index contributed by atoms with van der Waals surface area (Å²) >= 11 is 0. The SMILES string of the molecule is COC(C)(C)CCN1CCC(N)(C(=O)O)C1. The Kier molecular flexibility index (Phi) is 3.93. The first-order chi connectivity index (χ1) is 7.29. The molecule has 5 nitrogen and oxygen atoms in total. The number of nitrogens with two attached hydrogens (primary N) is 1. The molecule has 94 valence electrons. The highest BCUT2D eigenvalue weighted by molar-refractivity contribution is 5.79. The third kappa shape index (κ3) is 3.17. The van der Waals surface area contributed by atoms with Crippen LogP contribution >= 0.6 is 0 Å². The molecule has 0 spiro atoms. The number of ether oxygens (including phenoxy) is 1. The van der Waals surface area contributed by atoms with Crippen LogP contribution in [0.15, 0.2) is 0 Å². The van der Waals surface area contributed by atoms with Gasteiger partial charge < -0.3 is 20.5 Å². The summed E-state index contributed by atoms with van der Waals surface area (Å²) in [6, 6.07) is 0. The molecular weight excluding hydrogens is 208 g/mol. The van der Waals surface area contributed by atoms with E-state index in [1.165, 1.54) is 0 Å². The molecule has 1 aliphatic rings. The standard InChI is InChI=1S/C11H22N2O3/c1-10(2,16-3)4-6-13-7-5-11(12,8-13)9(14)15/h4-8,12H2,1-3H3,(H,14,15). The smallest absolute Gasteiger partial charge is 0.325 e. The highest BCUT2D eigenvalue weighted by atomic mass is 16.5. The predicted octanol–water partition coefficient (Wildman–Crippen LogP) is 0.289. The maximum absolute atomic E-state index is 10.9. The van der Waals surface area contributed by atoms with Crippen molar-refractivity contribution in [3.8, 4) is 0 Å². The number of carbonyl (C=O) groups is 1. The van der Waals surface area contributed by atoms with Crippen molar-refractivity contribution >= 4 is 5.97 Å². The van der Waals surface area contributed by atoms with Crippen LogP contribution in [-0.2, 0) is 9.53 Å². The Morgan fingerprint density at radius 1 is 1.62 bits per heavy atom. The van der Waals surface area contributed by atoms with Gasteiger partial charge in [0.05, 0.1) is 5.60 Å². The first-order valence-corrected chi connectivity index (χ1v) is 5.59. The highest BCUT2D eigenvalue weighted by Crippen LogP contribution is 2.21. The number of likely N-dealkylation sites (tertiary alicyclic amines) is 1. The minimum absolute atomic E-state index is 0.164. The van der Waals surface area contributed by atoms with Crippen LogP contribution in [0.5, 0.6) is 0 Å². The average Bonchev–Trinajstić information content (AvgIpc) is 2.59. The van der Waals surface area contributed by atoms with E-state index in [0.717, 1.165) is 19.5 Å². The van der Waals surface area contributed by atoms with Crippen molar-refractivity contribution in [3.05, 3.63) is 0 Å². The Labute approximate surface area is 96.6 Å². The molecule has 0 aromatic carbocycles. The van der Waals surface area contributed by atoms with E-state index < -0.39 is 11.5 Å². The lowest BCUT2D eigenvalue weighted by atomic mass is 10.0. The van der Waals surface area contributed by atoms with Gasteiger partial charge in [-0.3, -0.25) is 4.79 Å². The number of hydrogen-bond acceptors (Lipinski definition) is 4. The molecule has 16 heavy (non-hydrogen) atoms. The topological polar surface area (TPSA) is 75.8 Å². The van der Waals surface area contributed by atoms with Crippen LogP contribution in [0, 0.1) is 0 Å². The summed E-state index contributed by atoms with van der Waals surface area (Å²) in [6.07, 6.45) is 1.40. The summed E-state index contributed by atoms with van der Waals surface area (Å²) in [4.78, 5) is 13.0. The molecule has 1 fully saturated rings. The lowest BCUT2D eigenvalue weighted by Gasteiger charge is -2.26. The van der Waals surface area contributed by atoms with Crippen LogP contribution in [0.4, 0.5) is 0 Å². The van der Waals surface area contributed by atoms with E-state index in [9.17, 15) is 4.79 Å². The van der Waals surface area contributed by atoms with Crippen LogP contribution in [0.2, 0.25) is 0 Å². The van der Waals surface area contributed by atoms with Crippen molar-refractivity contribution < 1.29 is 14.6 Å². The zero-order valence-corrected chi connectivity index (χ0v) is 10.3. The summed E-state index contributed by atoms with van der Waals surface area (Å²) in [5.74, 6) is -0.902. The molecular formula is C11H22N2O3. The van der Waals surface area contributed by atoms with E-state index in [4.69, 9.17) is 15.6 Å². The van der Waals surface area contributed by atoms with Crippen molar-refractivity contribution in [3.63, 3.8) is 0 Å². The van der Waals surface area contributed by atoms with Gasteiger partial charge in [0, 0.05) is 26.7 Å². The molecule has 1 rings (SSSR count). The van der Waals surface area contributed by atoms with Gasteiger partial charge >= 0.3 is 5.97 Å². The Balaban J connectivity index is 2.41. The molecule has 1 unspecified atom stereocenters. The van der Waals surface area contributed by atoms with Crippen LogP contribution in [0.3, 0.4) is 0 Å². The van der Waals surface area contributed by atoms with Crippen LogP contribution in [-0.4, -0.2) is 53.9 Å². The number of carboxylic acid groups (broad SMARTS) is 1. The molecule has 3 N–H and O–H groups in total. The molecule has 1 atom stereocenters. The van der Waals surface area contributed by atoms with E-state index in [1.807, 2.05) is 13.8 Å². The van der Waals surface area contributed by atoms with Gasteiger partial charge in [-0.15, -0.1) is 0 Å². The quantitative estimate of drug-likeness (QED) is 0.710. The largest absolute Gasteiger partial charge is 0.480 e. The van der Waals surface area contributed by atoms with Gasteiger partial charge in [0.2, 0.25) is 0 Å². The molecule has 5 heteroatoms. The van der Waals surface area contributed by atoms with Gasteiger partial charge in [0.1, 0.15) is 5.54 Å².